The minimum absolute atomic E-state index is 0.0896. The minimum Gasteiger partial charge on any atom is -0.484 e. The van der Waals surface area contributed by atoms with Crippen LogP contribution in [0.25, 0.3) is 0 Å². The van der Waals surface area contributed by atoms with Crippen LogP contribution in [0.1, 0.15) is 5.56 Å². The Hall–Kier alpha value is -2.49. The molecule has 2 rings (SSSR count). The summed E-state index contributed by atoms with van der Waals surface area (Å²) in [6, 6.07) is 11.5. The summed E-state index contributed by atoms with van der Waals surface area (Å²) >= 11 is 0. The van der Waals surface area contributed by atoms with Gasteiger partial charge in [-0.1, -0.05) is 12.1 Å². The number of nitrogens with one attached hydrogen (secondary N) is 2. The van der Waals surface area contributed by atoms with Gasteiger partial charge in [-0.05, 0) is 42.0 Å². The third-order valence-corrected chi connectivity index (χ3v) is 4.98. The number of carbonyl (C=O) groups excluding carboxylic acids is 1. The Morgan fingerprint density at radius 2 is 1.74 bits per heavy atom. The topological polar surface area (TPSA) is 93.7 Å². The molecule has 2 aromatic rings. The summed E-state index contributed by atoms with van der Waals surface area (Å²) < 4.78 is 49.4. The lowest BCUT2D eigenvalue weighted by atomic mass is 10.2. The molecule has 0 aromatic heterocycles. The van der Waals surface area contributed by atoms with Crippen molar-refractivity contribution in [2.45, 2.75) is 11.4 Å². The molecule has 0 aliphatic rings. The first kappa shape index (κ1) is 20.8. The van der Waals surface area contributed by atoms with E-state index in [0.717, 1.165) is 5.56 Å². The van der Waals surface area contributed by atoms with Crippen molar-refractivity contribution in [3.8, 4) is 5.75 Å². The monoisotopic (exact) mass is 396 g/mol. The molecule has 0 radical (unpaired) electrons. The molecule has 0 aliphatic carbocycles. The van der Waals surface area contributed by atoms with Crippen molar-refractivity contribution in [3.63, 3.8) is 0 Å². The van der Waals surface area contributed by atoms with E-state index in [0.29, 0.717) is 5.75 Å². The van der Waals surface area contributed by atoms with Crippen LogP contribution in [0.5, 0.6) is 5.75 Å². The Morgan fingerprint density at radius 1 is 1.07 bits per heavy atom. The van der Waals surface area contributed by atoms with Crippen LogP contribution in [0.15, 0.2) is 53.4 Å². The molecule has 2 N–H and O–H groups in total. The van der Waals surface area contributed by atoms with Gasteiger partial charge < -0.3 is 14.8 Å². The number of sulfonamides is 1. The van der Waals surface area contributed by atoms with Crippen molar-refractivity contribution in [3.05, 3.63) is 59.9 Å². The van der Waals surface area contributed by atoms with E-state index in [2.05, 4.69) is 10.0 Å². The number of methoxy groups -OCH3 is 1. The quantitative estimate of drug-likeness (QED) is 0.593. The fraction of sp³-hybridized carbons (Fsp3) is 0.278. The summed E-state index contributed by atoms with van der Waals surface area (Å²) in [5.74, 6) is -0.326. The molecule has 2 aromatic carbocycles. The van der Waals surface area contributed by atoms with Crippen LogP contribution in [0, 0.1) is 5.82 Å². The van der Waals surface area contributed by atoms with Gasteiger partial charge in [0.25, 0.3) is 5.91 Å². The van der Waals surface area contributed by atoms with E-state index < -0.39 is 10.0 Å². The Morgan fingerprint density at radius 3 is 2.37 bits per heavy atom. The number of amides is 1. The molecular weight excluding hydrogens is 375 g/mol. The summed E-state index contributed by atoms with van der Waals surface area (Å²) in [5, 5.41) is 2.65. The molecule has 0 saturated carbocycles. The molecular formula is C18H21FN2O5S. The molecule has 27 heavy (non-hydrogen) atoms. The summed E-state index contributed by atoms with van der Waals surface area (Å²) in [6.07, 6.45) is 0. The molecule has 0 heterocycles. The second-order valence-electron chi connectivity index (χ2n) is 5.55. The fourth-order valence-corrected chi connectivity index (χ4v) is 3.09. The molecule has 0 bridgehead atoms. The first-order valence-electron chi connectivity index (χ1n) is 8.13. The van der Waals surface area contributed by atoms with Gasteiger partial charge in [-0.3, -0.25) is 4.79 Å². The van der Waals surface area contributed by atoms with Crippen LogP contribution in [0.3, 0.4) is 0 Å². The highest BCUT2D eigenvalue weighted by atomic mass is 32.2. The number of benzene rings is 2. The van der Waals surface area contributed by atoms with Gasteiger partial charge in [0.2, 0.25) is 10.0 Å². The predicted octanol–water partition coefficient (Wildman–Crippen LogP) is 1.45. The molecule has 0 saturated heterocycles. The van der Waals surface area contributed by atoms with Gasteiger partial charge in [-0.2, -0.15) is 0 Å². The molecule has 1 amide bonds. The molecule has 0 spiro atoms. The van der Waals surface area contributed by atoms with Crippen molar-refractivity contribution in [2.75, 3.05) is 26.9 Å². The zero-order chi connectivity index (χ0) is 19.7. The number of hydrogen-bond acceptors (Lipinski definition) is 5. The number of rotatable bonds is 10. The van der Waals surface area contributed by atoms with Crippen LogP contribution in [-0.4, -0.2) is 41.2 Å². The van der Waals surface area contributed by atoms with E-state index in [1.54, 1.807) is 12.1 Å². The lowest BCUT2D eigenvalue weighted by Gasteiger charge is -2.09. The number of halogens is 1. The summed E-state index contributed by atoms with van der Waals surface area (Å²) in [4.78, 5) is 11.9. The molecule has 0 aliphatic heterocycles. The summed E-state index contributed by atoms with van der Waals surface area (Å²) in [5.41, 5.74) is 0.764. The third-order valence-electron chi connectivity index (χ3n) is 3.51. The molecule has 146 valence electrons. The average Bonchev–Trinajstić information content (AvgIpc) is 2.66. The smallest absolute Gasteiger partial charge is 0.258 e. The number of ether oxygens (including phenoxy) is 2. The normalized spacial score (nSPS) is 11.2. The van der Waals surface area contributed by atoms with Crippen LogP contribution in [0.4, 0.5) is 4.39 Å². The highest BCUT2D eigenvalue weighted by Gasteiger charge is 2.13. The first-order chi connectivity index (χ1) is 12.9. The van der Waals surface area contributed by atoms with Gasteiger partial charge in [0.05, 0.1) is 11.5 Å². The SMILES string of the molecule is COCCNS(=O)(=O)c1ccc(OCC(=O)NCc2ccc(F)cc2)cc1. The van der Waals surface area contributed by atoms with E-state index in [-0.39, 0.29) is 42.9 Å². The van der Waals surface area contributed by atoms with E-state index in [1.165, 1.54) is 43.5 Å². The highest BCUT2D eigenvalue weighted by molar-refractivity contribution is 7.89. The second kappa shape index (κ2) is 10.0. The van der Waals surface area contributed by atoms with E-state index in [9.17, 15) is 17.6 Å². The van der Waals surface area contributed by atoms with Crippen LogP contribution in [0.2, 0.25) is 0 Å². The van der Waals surface area contributed by atoms with Crippen LogP contribution in [-0.2, 0) is 26.1 Å². The van der Waals surface area contributed by atoms with Crippen molar-refractivity contribution in [1.29, 1.82) is 0 Å². The lowest BCUT2D eigenvalue weighted by Crippen LogP contribution is -2.28. The van der Waals surface area contributed by atoms with Gasteiger partial charge in [0.1, 0.15) is 11.6 Å². The molecule has 7 nitrogen and oxygen atoms in total. The van der Waals surface area contributed by atoms with Gasteiger partial charge in [-0.25, -0.2) is 17.5 Å². The van der Waals surface area contributed by atoms with E-state index in [4.69, 9.17) is 9.47 Å². The zero-order valence-corrected chi connectivity index (χ0v) is 15.6. The highest BCUT2D eigenvalue weighted by Crippen LogP contribution is 2.15. The Kier molecular flexibility index (Phi) is 7.71. The molecule has 9 heteroatoms. The second-order valence-corrected chi connectivity index (χ2v) is 7.32. The largest absolute Gasteiger partial charge is 0.484 e. The van der Waals surface area contributed by atoms with E-state index in [1.807, 2.05) is 0 Å². The van der Waals surface area contributed by atoms with Gasteiger partial charge in [0, 0.05) is 20.2 Å². The Balaban J connectivity index is 1.80. The maximum Gasteiger partial charge on any atom is 0.258 e. The van der Waals surface area contributed by atoms with Crippen molar-refractivity contribution in [2.24, 2.45) is 0 Å². The fourth-order valence-electron chi connectivity index (χ4n) is 2.08. The minimum atomic E-state index is -3.61. The Labute approximate surface area is 157 Å². The van der Waals surface area contributed by atoms with Crippen LogP contribution >= 0.6 is 0 Å². The van der Waals surface area contributed by atoms with Crippen molar-refractivity contribution in [1.82, 2.24) is 10.0 Å². The van der Waals surface area contributed by atoms with Gasteiger partial charge >= 0.3 is 0 Å². The summed E-state index contributed by atoms with van der Waals surface area (Å²) in [7, 11) is -2.13. The Bertz CT molecular complexity index is 839. The van der Waals surface area contributed by atoms with Crippen molar-refractivity contribution < 1.29 is 27.1 Å². The summed E-state index contributed by atoms with van der Waals surface area (Å²) in [6.45, 7) is 0.477. The molecule has 0 unspecified atom stereocenters. The molecule has 0 fully saturated rings. The maximum absolute atomic E-state index is 12.8. The van der Waals surface area contributed by atoms with Crippen LogP contribution < -0.4 is 14.8 Å². The number of hydrogen-bond donors (Lipinski definition) is 2. The standard InChI is InChI=1S/C18H21FN2O5S/c1-25-11-10-21-27(23,24)17-8-6-16(7-9-17)26-13-18(22)20-12-14-2-4-15(19)5-3-14/h2-9,21H,10-13H2,1H3,(H,20,22). The lowest BCUT2D eigenvalue weighted by molar-refractivity contribution is -0.123. The van der Waals surface area contributed by atoms with Crippen molar-refractivity contribution >= 4 is 15.9 Å². The number of carbonyl (C=O) groups is 1. The third kappa shape index (κ3) is 6.97. The zero-order valence-electron chi connectivity index (χ0n) is 14.8. The van der Waals surface area contributed by atoms with E-state index >= 15 is 0 Å². The average molecular weight is 396 g/mol. The van der Waals surface area contributed by atoms with Gasteiger partial charge in [-0.15, -0.1) is 0 Å². The molecule has 0 atom stereocenters. The first-order valence-corrected chi connectivity index (χ1v) is 9.61. The predicted molar refractivity (Wildman–Crippen MR) is 97.2 cm³/mol. The van der Waals surface area contributed by atoms with Gasteiger partial charge in [0.15, 0.2) is 6.61 Å². The maximum atomic E-state index is 12.8.